The number of rotatable bonds is 13. The molecule has 0 aliphatic carbocycles. The number of halogens is 1. The summed E-state index contributed by atoms with van der Waals surface area (Å²) < 4.78 is 30.3. The number of aryl methyl sites for hydroxylation is 2. The van der Waals surface area contributed by atoms with Crippen molar-refractivity contribution < 1.29 is 18.0 Å². The van der Waals surface area contributed by atoms with Crippen LogP contribution in [0.3, 0.4) is 0 Å². The predicted molar refractivity (Wildman–Crippen MR) is 183 cm³/mol. The van der Waals surface area contributed by atoms with Crippen molar-refractivity contribution in [1.29, 1.82) is 0 Å². The molecule has 4 aromatic carbocycles. The van der Waals surface area contributed by atoms with E-state index in [1.807, 2.05) is 88.4 Å². The number of anilines is 1. The highest BCUT2D eigenvalue weighted by molar-refractivity contribution is 9.10. The van der Waals surface area contributed by atoms with Crippen LogP contribution < -0.4 is 9.62 Å². The van der Waals surface area contributed by atoms with Gasteiger partial charge in [-0.05, 0) is 78.4 Å². The molecule has 0 heterocycles. The number of sulfonamides is 1. The molecule has 9 heteroatoms. The molecule has 0 bridgehead atoms. The number of nitrogens with one attached hydrogen (secondary N) is 1. The lowest BCUT2D eigenvalue weighted by atomic mass is 10.0. The van der Waals surface area contributed by atoms with Gasteiger partial charge in [0.15, 0.2) is 0 Å². The van der Waals surface area contributed by atoms with Gasteiger partial charge in [0.2, 0.25) is 11.8 Å². The van der Waals surface area contributed by atoms with Crippen LogP contribution in [0.15, 0.2) is 112 Å². The van der Waals surface area contributed by atoms with Crippen molar-refractivity contribution in [3.05, 3.63) is 130 Å². The third-order valence-corrected chi connectivity index (χ3v) is 9.64. The molecule has 0 aromatic heterocycles. The van der Waals surface area contributed by atoms with Crippen molar-refractivity contribution >= 4 is 43.5 Å². The van der Waals surface area contributed by atoms with Gasteiger partial charge in [-0.25, -0.2) is 8.42 Å². The Morgan fingerprint density at radius 2 is 1.38 bits per heavy atom. The highest BCUT2D eigenvalue weighted by atomic mass is 79.9. The molecule has 45 heavy (non-hydrogen) atoms. The van der Waals surface area contributed by atoms with Gasteiger partial charge < -0.3 is 10.2 Å². The summed E-state index contributed by atoms with van der Waals surface area (Å²) in [5.41, 5.74) is 3.82. The molecule has 0 saturated carbocycles. The van der Waals surface area contributed by atoms with Crippen LogP contribution in [0, 0.1) is 19.8 Å². The van der Waals surface area contributed by atoms with Gasteiger partial charge in [0, 0.05) is 24.0 Å². The molecule has 0 radical (unpaired) electrons. The fourth-order valence-corrected chi connectivity index (χ4v) is 6.79. The third kappa shape index (κ3) is 9.28. The molecule has 0 fully saturated rings. The maximum Gasteiger partial charge on any atom is 0.264 e. The average Bonchev–Trinajstić information content (AvgIpc) is 3.01. The Kier molecular flexibility index (Phi) is 11.6. The predicted octanol–water partition coefficient (Wildman–Crippen LogP) is 6.67. The van der Waals surface area contributed by atoms with E-state index in [9.17, 15) is 18.0 Å². The maximum atomic E-state index is 14.6. The lowest BCUT2D eigenvalue weighted by Crippen LogP contribution is -2.53. The number of carbonyl (C=O) groups is 2. The minimum atomic E-state index is -4.14. The average molecular weight is 691 g/mol. The number of hydrogen-bond acceptors (Lipinski definition) is 4. The quantitative estimate of drug-likeness (QED) is 0.170. The first-order valence-corrected chi connectivity index (χ1v) is 17.2. The number of nitrogens with zero attached hydrogens (tertiary/aromatic N) is 2. The zero-order valence-corrected chi connectivity index (χ0v) is 28.5. The minimum absolute atomic E-state index is 0.0759. The van der Waals surface area contributed by atoms with E-state index in [0.29, 0.717) is 12.2 Å². The van der Waals surface area contributed by atoms with Gasteiger partial charge in [0.05, 0.1) is 10.6 Å². The highest BCUT2D eigenvalue weighted by Crippen LogP contribution is 2.27. The maximum absolute atomic E-state index is 14.6. The summed E-state index contributed by atoms with van der Waals surface area (Å²) >= 11 is 3.47. The Balaban J connectivity index is 1.81. The van der Waals surface area contributed by atoms with Crippen molar-refractivity contribution in [2.45, 2.75) is 51.6 Å². The number of carbonyl (C=O) groups excluding carboxylic acids is 2. The van der Waals surface area contributed by atoms with Crippen molar-refractivity contribution in [1.82, 2.24) is 10.2 Å². The molecule has 4 rings (SSSR count). The topological polar surface area (TPSA) is 86.8 Å². The standard InChI is InChI=1S/C36H40BrN3O4S/c1-26(2)23-38-36(42)34(22-29-11-7-5-8-12-29)39(24-30-15-17-31(37)18-16-30)35(41)25-40(32-20-27(3)19-28(4)21-32)45(43,44)33-13-9-6-10-14-33/h5-21,26,34H,22-25H2,1-4H3,(H,38,42). The van der Waals surface area contributed by atoms with E-state index in [1.54, 1.807) is 30.3 Å². The second-order valence-electron chi connectivity index (χ2n) is 11.7. The van der Waals surface area contributed by atoms with Crippen LogP contribution in [0.25, 0.3) is 0 Å². The highest BCUT2D eigenvalue weighted by Gasteiger charge is 2.34. The molecular formula is C36H40BrN3O4S. The largest absolute Gasteiger partial charge is 0.354 e. The van der Waals surface area contributed by atoms with E-state index in [0.717, 1.165) is 31.0 Å². The molecule has 1 atom stereocenters. The van der Waals surface area contributed by atoms with E-state index in [1.165, 1.54) is 17.0 Å². The van der Waals surface area contributed by atoms with Crippen LogP contribution >= 0.6 is 15.9 Å². The summed E-state index contributed by atoms with van der Waals surface area (Å²) in [5, 5.41) is 3.02. The van der Waals surface area contributed by atoms with Crippen LogP contribution in [-0.2, 0) is 32.6 Å². The zero-order valence-electron chi connectivity index (χ0n) is 26.1. The first-order chi connectivity index (χ1) is 21.4. The van der Waals surface area contributed by atoms with Crippen LogP contribution in [0.1, 0.15) is 36.1 Å². The van der Waals surface area contributed by atoms with Gasteiger partial charge in [-0.2, -0.15) is 0 Å². The lowest BCUT2D eigenvalue weighted by Gasteiger charge is -2.34. The molecule has 0 aliphatic heterocycles. The minimum Gasteiger partial charge on any atom is -0.354 e. The number of hydrogen-bond donors (Lipinski definition) is 1. The molecular weight excluding hydrogens is 650 g/mol. The van der Waals surface area contributed by atoms with Crippen molar-refractivity contribution in [3.8, 4) is 0 Å². The van der Waals surface area contributed by atoms with Crippen LogP contribution in [0.4, 0.5) is 5.69 Å². The molecule has 2 amide bonds. The van der Waals surface area contributed by atoms with Gasteiger partial charge >= 0.3 is 0 Å². The normalized spacial score (nSPS) is 12.0. The van der Waals surface area contributed by atoms with Crippen molar-refractivity contribution in [3.63, 3.8) is 0 Å². The summed E-state index contributed by atoms with van der Waals surface area (Å²) in [6, 6.07) is 29.8. The second-order valence-corrected chi connectivity index (χ2v) is 14.4. The van der Waals surface area contributed by atoms with Gasteiger partial charge in [-0.15, -0.1) is 0 Å². The summed E-state index contributed by atoms with van der Waals surface area (Å²) in [5.74, 6) is -0.572. The Morgan fingerprint density at radius 1 is 0.800 bits per heavy atom. The summed E-state index contributed by atoms with van der Waals surface area (Å²) in [6.45, 7) is 7.87. The summed E-state index contributed by atoms with van der Waals surface area (Å²) in [6.07, 6.45) is 0.266. The lowest BCUT2D eigenvalue weighted by molar-refractivity contribution is -0.140. The van der Waals surface area contributed by atoms with E-state index >= 15 is 0 Å². The molecule has 0 spiro atoms. The summed E-state index contributed by atoms with van der Waals surface area (Å²) in [4.78, 5) is 30.0. The molecule has 7 nitrogen and oxygen atoms in total. The van der Waals surface area contributed by atoms with Gasteiger partial charge in [0.1, 0.15) is 12.6 Å². The molecule has 1 N–H and O–H groups in total. The van der Waals surface area contributed by atoms with Gasteiger partial charge in [-0.1, -0.05) is 96.5 Å². The van der Waals surface area contributed by atoms with E-state index in [4.69, 9.17) is 0 Å². The smallest absolute Gasteiger partial charge is 0.264 e. The zero-order chi connectivity index (χ0) is 32.6. The van der Waals surface area contributed by atoms with E-state index in [2.05, 4.69) is 21.2 Å². The Bertz CT molecular complexity index is 1680. The molecule has 4 aromatic rings. The SMILES string of the molecule is Cc1cc(C)cc(N(CC(=O)N(Cc2ccc(Br)cc2)C(Cc2ccccc2)C(=O)NCC(C)C)S(=O)(=O)c2ccccc2)c1. The van der Waals surface area contributed by atoms with Gasteiger partial charge in [0.25, 0.3) is 10.0 Å². The van der Waals surface area contributed by atoms with Crippen LogP contribution in [0.2, 0.25) is 0 Å². The van der Waals surface area contributed by atoms with Gasteiger partial charge in [-0.3, -0.25) is 13.9 Å². The number of benzene rings is 4. The Hall–Kier alpha value is -3.95. The first kappa shape index (κ1) is 33.9. The molecule has 236 valence electrons. The van der Waals surface area contributed by atoms with Crippen LogP contribution in [0.5, 0.6) is 0 Å². The van der Waals surface area contributed by atoms with Crippen LogP contribution in [-0.4, -0.2) is 44.3 Å². The molecule has 0 aliphatic rings. The first-order valence-electron chi connectivity index (χ1n) is 15.0. The van der Waals surface area contributed by atoms with Crippen molar-refractivity contribution in [2.24, 2.45) is 5.92 Å². The van der Waals surface area contributed by atoms with Crippen molar-refractivity contribution in [2.75, 3.05) is 17.4 Å². The monoisotopic (exact) mass is 689 g/mol. The fraction of sp³-hybridized carbons (Fsp3) is 0.278. The summed E-state index contributed by atoms with van der Waals surface area (Å²) in [7, 11) is -4.14. The Morgan fingerprint density at radius 3 is 1.96 bits per heavy atom. The fourth-order valence-electron chi connectivity index (χ4n) is 5.11. The molecule has 1 unspecified atom stereocenters. The number of amides is 2. The second kappa shape index (κ2) is 15.4. The van der Waals surface area contributed by atoms with E-state index < -0.39 is 28.5 Å². The Labute approximate surface area is 275 Å². The molecule has 0 saturated heterocycles. The third-order valence-electron chi connectivity index (χ3n) is 7.33. The van der Waals surface area contributed by atoms with E-state index in [-0.39, 0.29) is 29.7 Å².